The van der Waals surface area contributed by atoms with E-state index < -0.39 is 6.43 Å². The van der Waals surface area contributed by atoms with Gasteiger partial charge in [-0.05, 0) is 25.3 Å². The summed E-state index contributed by atoms with van der Waals surface area (Å²) in [5.41, 5.74) is 2.62. The number of nitrogens with zero attached hydrogens (tertiary/aromatic N) is 3. The summed E-state index contributed by atoms with van der Waals surface area (Å²) in [5.74, 6) is 0.885. The number of carbonyl (C=O) groups excluding carboxylic acids is 1. The normalized spacial score (nSPS) is 20.6. The molecule has 1 saturated heterocycles. The second-order valence-electron chi connectivity index (χ2n) is 6.88. The Kier molecular flexibility index (Phi) is 9.49. The van der Waals surface area contributed by atoms with Crippen LogP contribution in [0.25, 0.3) is 0 Å². The number of fused-ring (bicyclic) bond motifs is 1. The van der Waals surface area contributed by atoms with Crippen LogP contribution < -0.4 is 5.32 Å². The second kappa shape index (κ2) is 11.8. The van der Waals surface area contributed by atoms with Crippen molar-refractivity contribution in [3.05, 3.63) is 45.9 Å². The minimum atomic E-state index is -2.38. The molecule has 1 atom stereocenters. The van der Waals surface area contributed by atoms with E-state index >= 15 is 0 Å². The number of hydrogen-bond donors (Lipinski definition) is 1. The van der Waals surface area contributed by atoms with Gasteiger partial charge in [-0.2, -0.15) is 0 Å². The molecule has 30 heavy (non-hydrogen) atoms. The number of rotatable bonds is 9. The van der Waals surface area contributed by atoms with Gasteiger partial charge in [0, 0.05) is 49.0 Å². The fourth-order valence-electron chi connectivity index (χ4n) is 3.42. The topological polar surface area (TPSA) is 57.1 Å². The monoisotopic (exact) mass is 436 g/mol. The SMILES string of the molecule is C/C=C\S/C(=C/C)C1=NCC(C(/C=C\CC(F)F)=NC)=C2CC(NC(=O)CC)CN12. The molecule has 0 bridgehead atoms. The zero-order valence-electron chi connectivity index (χ0n) is 18.0. The number of nitrogens with one attached hydrogen (secondary N) is 1. The van der Waals surface area contributed by atoms with Crippen molar-refractivity contribution in [2.75, 3.05) is 20.1 Å². The molecular weight excluding hydrogens is 406 g/mol. The molecule has 1 unspecified atom stereocenters. The number of hydrogen-bond acceptors (Lipinski definition) is 5. The Balaban J connectivity index is 2.38. The maximum Gasteiger partial charge on any atom is 0.242 e. The van der Waals surface area contributed by atoms with E-state index in [1.807, 2.05) is 38.3 Å². The first-order valence-electron chi connectivity index (χ1n) is 10.1. The van der Waals surface area contributed by atoms with E-state index in [9.17, 15) is 13.6 Å². The van der Waals surface area contributed by atoms with Crippen LogP contribution in [0.2, 0.25) is 0 Å². The third-order valence-corrected chi connectivity index (χ3v) is 5.88. The fourth-order valence-corrected chi connectivity index (χ4v) is 4.12. The second-order valence-corrected chi connectivity index (χ2v) is 7.82. The van der Waals surface area contributed by atoms with E-state index in [-0.39, 0.29) is 18.4 Å². The first-order chi connectivity index (χ1) is 14.4. The Morgan fingerprint density at radius 3 is 2.80 bits per heavy atom. The van der Waals surface area contributed by atoms with Crippen LogP contribution in [-0.4, -0.2) is 55.0 Å². The summed E-state index contributed by atoms with van der Waals surface area (Å²) in [4.78, 5) is 24.3. The van der Waals surface area contributed by atoms with Crippen LogP contribution in [0.4, 0.5) is 8.78 Å². The van der Waals surface area contributed by atoms with Gasteiger partial charge in [-0.15, -0.1) is 0 Å². The molecule has 0 aromatic rings. The van der Waals surface area contributed by atoms with Gasteiger partial charge in [0.25, 0.3) is 0 Å². The minimum Gasteiger partial charge on any atom is -0.351 e. The highest BCUT2D eigenvalue weighted by Gasteiger charge is 2.36. The molecule has 164 valence electrons. The molecule has 0 spiro atoms. The lowest BCUT2D eigenvalue weighted by Gasteiger charge is -2.29. The first kappa shape index (κ1) is 24.1. The van der Waals surface area contributed by atoms with Gasteiger partial charge in [0.05, 0.1) is 18.3 Å². The number of carbonyl (C=O) groups is 1. The molecule has 1 amide bonds. The molecular formula is C22H30F2N4OS. The molecule has 0 aliphatic carbocycles. The van der Waals surface area contributed by atoms with Crippen molar-refractivity contribution < 1.29 is 13.6 Å². The van der Waals surface area contributed by atoms with Gasteiger partial charge in [0.1, 0.15) is 5.84 Å². The molecule has 2 heterocycles. The number of allylic oxidation sites excluding steroid dienone is 4. The Morgan fingerprint density at radius 2 is 2.20 bits per heavy atom. The summed E-state index contributed by atoms with van der Waals surface area (Å²) in [6, 6.07) is -0.0290. The summed E-state index contributed by atoms with van der Waals surface area (Å²) in [5, 5.41) is 5.08. The highest BCUT2D eigenvalue weighted by molar-refractivity contribution is 8.06. The number of alkyl halides is 2. The molecule has 0 aromatic heterocycles. The van der Waals surface area contributed by atoms with Gasteiger partial charge in [-0.25, -0.2) is 8.78 Å². The Bertz CT molecular complexity index is 812. The third kappa shape index (κ3) is 6.14. The summed E-state index contributed by atoms with van der Waals surface area (Å²) in [7, 11) is 1.66. The van der Waals surface area contributed by atoms with Crippen molar-refractivity contribution in [3.63, 3.8) is 0 Å². The summed E-state index contributed by atoms with van der Waals surface area (Å²) in [6.07, 6.45) is 5.50. The zero-order chi connectivity index (χ0) is 22.1. The summed E-state index contributed by atoms with van der Waals surface area (Å²) in [6.45, 7) is 6.82. The molecule has 2 aliphatic heterocycles. The number of amides is 1. The molecule has 0 radical (unpaired) electrons. The molecule has 1 N–H and O–H groups in total. The van der Waals surface area contributed by atoms with Gasteiger partial charge in [0.15, 0.2) is 0 Å². The summed E-state index contributed by atoms with van der Waals surface area (Å²) >= 11 is 1.60. The van der Waals surface area contributed by atoms with Crippen molar-refractivity contribution in [2.45, 2.75) is 52.5 Å². The van der Waals surface area contributed by atoms with Crippen LogP contribution in [0.15, 0.2) is 55.9 Å². The average Bonchev–Trinajstić information content (AvgIpc) is 3.15. The first-order valence-corrected chi connectivity index (χ1v) is 11.0. The third-order valence-electron chi connectivity index (χ3n) is 4.80. The number of aliphatic imine (C=N–C) groups is 2. The number of amidine groups is 1. The molecule has 2 rings (SSSR count). The van der Waals surface area contributed by atoms with E-state index in [0.29, 0.717) is 31.6 Å². The lowest BCUT2D eigenvalue weighted by atomic mass is 10.0. The van der Waals surface area contributed by atoms with Gasteiger partial charge < -0.3 is 10.2 Å². The van der Waals surface area contributed by atoms with Crippen LogP contribution in [-0.2, 0) is 4.79 Å². The molecule has 2 aliphatic rings. The van der Waals surface area contributed by atoms with Gasteiger partial charge in [-0.1, -0.05) is 36.9 Å². The van der Waals surface area contributed by atoms with Gasteiger partial charge >= 0.3 is 0 Å². The van der Waals surface area contributed by atoms with E-state index in [1.54, 1.807) is 24.9 Å². The van der Waals surface area contributed by atoms with Crippen LogP contribution in [0.3, 0.4) is 0 Å². The van der Waals surface area contributed by atoms with Crippen molar-refractivity contribution >= 4 is 29.2 Å². The van der Waals surface area contributed by atoms with Crippen LogP contribution >= 0.6 is 11.8 Å². The Labute approximate surface area is 181 Å². The fraction of sp³-hybridized carbons (Fsp3) is 0.500. The maximum atomic E-state index is 12.5. The number of halogens is 2. The van der Waals surface area contributed by atoms with Crippen LogP contribution in [0.1, 0.15) is 40.0 Å². The van der Waals surface area contributed by atoms with Crippen molar-refractivity contribution in [1.29, 1.82) is 0 Å². The molecule has 0 aromatic carbocycles. The van der Waals surface area contributed by atoms with Crippen molar-refractivity contribution in [1.82, 2.24) is 10.2 Å². The van der Waals surface area contributed by atoms with E-state index in [4.69, 9.17) is 4.99 Å². The minimum absolute atomic E-state index is 0.0104. The highest BCUT2D eigenvalue weighted by Crippen LogP contribution is 2.34. The predicted octanol–water partition coefficient (Wildman–Crippen LogP) is 4.71. The molecule has 0 saturated carbocycles. The number of thioether (sulfide) groups is 1. The van der Waals surface area contributed by atoms with E-state index in [2.05, 4.69) is 15.2 Å². The Morgan fingerprint density at radius 1 is 1.43 bits per heavy atom. The molecule has 5 nitrogen and oxygen atoms in total. The predicted molar refractivity (Wildman–Crippen MR) is 122 cm³/mol. The molecule has 8 heteroatoms. The smallest absolute Gasteiger partial charge is 0.242 e. The maximum absolute atomic E-state index is 12.5. The quantitative estimate of drug-likeness (QED) is 0.533. The highest BCUT2D eigenvalue weighted by atomic mass is 32.2. The molecule has 1 fully saturated rings. The largest absolute Gasteiger partial charge is 0.351 e. The average molecular weight is 437 g/mol. The van der Waals surface area contributed by atoms with Gasteiger partial charge in [0.2, 0.25) is 12.3 Å². The zero-order valence-corrected chi connectivity index (χ0v) is 18.8. The van der Waals surface area contributed by atoms with E-state index in [0.717, 1.165) is 22.0 Å². The standard InChI is InChI=1S/C22H30F2N4OS/c1-5-11-30-19(6-2)22-26-13-16(17(25-4)9-8-10-20(23)24)18-12-15(14-28(18)22)27-21(29)7-3/h5-6,8-9,11,15,20H,7,10,12-14H2,1-4H3,(H,27,29)/b9-8-,11-5-,19-6+,25-17?. The lowest BCUT2D eigenvalue weighted by Crippen LogP contribution is -2.39. The van der Waals surface area contributed by atoms with Crippen LogP contribution in [0, 0.1) is 0 Å². The van der Waals surface area contributed by atoms with Gasteiger partial charge in [-0.3, -0.25) is 14.8 Å². The lowest BCUT2D eigenvalue weighted by molar-refractivity contribution is -0.121. The summed E-state index contributed by atoms with van der Waals surface area (Å²) < 4.78 is 25.1. The van der Waals surface area contributed by atoms with Crippen molar-refractivity contribution in [2.24, 2.45) is 9.98 Å². The van der Waals surface area contributed by atoms with Crippen molar-refractivity contribution in [3.8, 4) is 0 Å². The Hall–Kier alpha value is -2.22. The van der Waals surface area contributed by atoms with E-state index in [1.165, 1.54) is 6.08 Å². The van der Waals surface area contributed by atoms with Crippen LogP contribution in [0.5, 0.6) is 0 Å².